The molecule has 1 heterocycles. The Hall–Kier alpha value is -1.35. The van der Waals surface area contributed by atoms with Gasteiger partial charge in [0.15, 0.2) is 0 Å². The summed E-state index contributed by atoms with van der Waals surface area (Å²) < 4.78 is 15.0. The Morgan fingerprint density at radius 2 is 2.12 bits per heavy atom. The number of alkyl halides is 1. The second kappa shape index (κ2) is 5.12. The van der Waals surface area contributed by atoms with E-state index in [4.69, 9.17) is 11.6 Å². The molecule has 16 heavy (non-hydrogen) atoms. The van der Waals surface area contributed by atoms with Crippen LogP contribution < -0.4 is 0 Å². The predicted octanol–water partition coefficient (Wildman–Crippen LogP) is 3.18. The van der Waals surface area contributed by atoms with E-state index in [-0.39, 0.29) is 5.82 Å². The maximum atomic E-state index is 13.5. The molecule has 0 aliphatic heterocycles. The number of para-hydroxylation sites is 1. The van der Waals surface area contributed by atoms with E-state index in [2.05, 4.69) is 5.10 Å². The third-order valence-electron chi connectivity index (χ3n) is 2.33. The Kier molecular flexibility index (Phi) is 3.57. The van der Waals surface area contributed by atoms with Crippen LogP contribution in [0.4, 0.5) is 4.39 Å². The van der Waals surface area contributed by atoms with Crippen LogP contribution in [0.25, 0.3) is 5.69 Å². The monoisotopic (exact) mass is 238 g/mol. The molecule has 1 aromatic heterocycles. The van der Waals surface area contributed by atoms with Gasteiger partial charge in [-0.3, -0.25) is 0 Å². The number of benzene rings is 1. The van der Waals surface area contributed by atoms with Crippen LogP contribution in [0.3, 0.4) is 0 Å². The molecule has 0 spiro atoms. The highest BCUT2D eigenvalue weighted by atomic mass is 35.5. The fourth-order valence-electron chi connectivity index (χ4n) is 1.53. The summed E-state index contributed by atoms with van der Waals surface area (Å²) in [6.45, 7) is 0. The number of aryl methyl sites for hydroxylation is 1. The fraction of sp³-hybridized carbons (Fsp3) is 0.250. The molecule has 0 fully saturated rings. The van der Waals surface area contributed by atoms with Crippen LogP contribution in [0.5, 0.6) is 0 Å². The molecule has 2 nitrogen and oxygen atoms in total. The summed E-state index contributed by atoms with van der Waals surface area (Å²) in [4.78, 5) is 0. The summed E-state index contributed by atoms with van der Waals surface area (Å²) in [5, 5.41) is 4.13. The molecule has 0 amide bonds. The number of halogens is 2. The summed E-state index contributed by atoms with van der Waals surface area (Å²) in [5.41, 5.74) is 1.54. The van der Waals surface area contributed by atoms with Gasteiger partial charge in [-0.15, -0.1) is 11.6 Å². The smallest absolute Gasteiger partial charge is 0.148 e. The molecule has 0 saturated carbocycles. The van der Waals surface area contributed by atoms with E-state index in [1.165, 1.54) is 6.07 Å². The summed E-state index contributed by atoms with van der Waals surface area (Å²) in [7, 11) is 0. The Labute approximate surface area is 98.7 Å². The molecule has 0 unspecified atom stereocenters. The van der Waals surface area contributed by atoms with E-state index in [0.717, 1.165) is 18.4 Å². The SMILES string of the molecule is Fc1ccccc1-n1cc(CCCCl)cn1. The maximum Gasteiger partial charge on any atom is 0.148 e. The first-order valence-corrected chi connectivity index (χ1v) is 5.69. The molecular weight excluding hydrogens is 227 g/mol. The second-order valence-electron chi connectivity index (χ2n) is 3.54. The van der Waals surface area contributed by atoms with Gasteiger partial charge in [-0.2, -0.15) is 5.10 Å². The van der Waals surface area contributed by atoms with Crippen molar-refractivity contribution in [3.63, 3.8) is 0 Å². The molecular formula is C12H12ClFN2. The molecule has 4 heteroatoms. The molecule has 1 aromatic carbocycles. The number of aromatic nitrogens is 2. The van der Waals surface area contributed by atoms with Crippen LogP contribution in [-0.4, -0.2) is 15.7 Å². The van der Waals surface area contributed by atoms with Gasteiger partial charge in [0.2, 0.25) is 0 Å². The van der Waals surface area contributed by atoms with Crippen molar-refractivity contribution in [2.45, 2.75) is 12.8 Å². The first kappa shape index (κ1) is 11.1. The minimum Gasteiger partial charge on any atom is -0.238 e. The number of hydrogen-bond donors (Lipinski definition) is 0. The summed E-state index contributed by atoms with van der Waals surface area (Å²) in [6.07, 6.45) is 5.37. The van der Waals surface area contributed by atoms with E-state index >= 15 is 0 Å². The topological polar surface area (TPSA) is 17.8 Å². The number of nitrogens with zero attached hydrogens (tertiary/aromatic N) is 2. The van der Waals surface area contributed by atoms with E-state index < -0.39 is 0 Å². The largest absolute Gasteiger partial charge is 0.238 e. The van der Waals surface area contributed by atoms with E-state index in [1.54, 1.807) is 29.1 Å². The first-order valence-electron chi connectivity index (χ1n) is 5.15. The highest BCUT2D eigenvalue weighted by Crippen LogP contribution is 2.13. The van der Waals surface area contributed by atoms with Crippen molar-refractivity contribution < 1.29 is 4.39 Å². The summed E-state index contributed by atoms with van der Waals surface area (Å²) in [6, 6.07) is 6.58. The molecule has 2 rings (SSSR count). The lowest BCUT2D eigenvalue weighted by Gasteiger charge is -2.01. The average molecular weight is 239 g/mol. The van der Waals surface area contributed by atoms with Crippen LogP contribution in [0.1, 0.15) is 12.0 Å². The lowest BCUT2D eigenvalue weighted by molar-refractivity contribution is 0.611. The first-order chi connectivity index (χ1) is 7.81. The molecule has 0 saturated heterocycles. The lowest BCUT2D eigenvalue weighted by atomic mass is 10.2. The molecule has 2 aromatic rings. The van der Waals surface area contributed by atoms with Gasteiger partial charge >= 0.3 is 0 Å². The minimum absolute atomic E-state index is 0.269. The van der Waals surface area contributed by atoms with Gasteiger partial charge in [-0.1, -0.05) is 12.1 Å². The van der Waals surface area contributed by atoms with Crippen molar-refractivity contribution in [2.24, 2.45) is 0 Å². The van der Waals surface area contributed by atoms with Crippen LogP contribution in [0.2, 0.25) is 0 Å². The summed E-state index contributed by atoms with van der Waals surface area (Å²) >= 11 is 5.61. The third kappa shape index (κ3) is 2.42. The van der Waals surface area contributed by atoms with Gasteiger partial charge in [0.25, 0.3) is 0 Å². The Morgan fingerprint density at radius 1 is 1.31 bits per heavy atom. The fourth-order valence-corrected chi connectivity index (χ4v) is 1.66. The van der Waals surface area contributed by atoms with Crippen LogP contribution >= 0.6 is 11.6 Å². The number of rotatable bonds is 4. The van der Waals surface area contributed by atoms with Crippen molar-refractivity contribution in [2.75, 3.05) is 5.88 Å². The zero-order valence-electron chi connectivity index (χ0n) is 8.74. The number of hydrogen-bond acceptors (Lipinski definition) is 1. The van der Waals surface area contributed by atoms with Gasteiger partial charge in [0.1, 0.15) is 11.5 Å². The Balaban J connectivity index is 2.22. The molecule has 84 valence electrons. The van der Waals surface area contributed by atoms with Crippen molar-refractivity contribution in [1.29, 1.82) is 0 Å². The highest BCUT2D eigenvalue weighted by molar-refractivity contribution is 6.17. The second-order valence-corrected chi connectivity index (χ2v) is 3.92. The van der Waals surface area contributed by atoms with Crippen LogP contribution in [0.15, 0.2) is 36.7 Å². The molecule has 0 aliphatic carbocycles. The van der Waals surface area contributed by atoms with Gasteiger partial charge < -0.3 is 0 Å². The van der Waals surface area contributed by atoms with Gasteiger partial charge in [-0.25, -0.2) is 9.07 Å². The predicted molar refractivity (Wildman–Crippen MR) is 62.6 cm³/mol. The Bertz CT molecular complexity index is 468. The minimum atomic E-state index is -0.269. The zero-order chi connectivity index (χ0) is 11.4. The van der Waals surface area contributed by atoms with E-state index in [0.29, 0.717) is 11.6 Å². The van der Waals surface area contributed by atoms with E-state index in [1.807, 2.05) is 6.20 Å². The zero-order valence-corrected chi connectivity index (χ0v) is 9.49. The van der Waals surface area contributed by atoms with E-state index in [9.17, 15) is 4.39 Å². The van der Waals surface area contributed by atoms with Crippen molar-refractivity contribution in [3.05, 3.63) is 48.0 Å². The maximum absolute atomic E-state index is 13.5. The van der Waals surface area contributed by atoms with Crippen molar-refractivity contribution in [3.8, 4) is 5.69 Å². The third-order valence-corrected chi connectivity index (χ3v) is 2.60. The molecule has 0 aliphatic rings. The molecule has 0 N–H and O–H groups in total. The van der Waals surface area contributed by atoms with Gasteiger partial charge in [0.05, 0.1) is 6.20 Å². The van der Waals surface area contributed by atoms with Gasteiger partial charge in [-0.05, 0) is 30.5 Å². The average Bonchev–Trinajstić information content (AvgIpc) is 2.75. The van der Waals surface area contributed by atoms with Crippen molar-refractivity contribution >= 4 is 11.6 Å². The normalized spacial score (nSPS) is 10.6. The standard InChI is InChI=1S/C12H12ClFN2/c13-7-3-4-10-8-15-16(9-10)12-6-2-1-5-11(12)14/h1-2,5-6,8-9H,3-4,7H2. The highest BCUT2D eigenvalue weighted by Gasteiger charge is 2.05. The molecule has 0 bridgehead atoms. The molecule has 0 radical (unpaired) electrons. The molecule has 0 atom stereocenters. The van der Waals surface area contributed by atoms with Crippen LogP contribution in [-0.2, 0) is 6.42 Å². The Morgan fingerprint density at radius 3 is 2.88 bits per heavy atom. The lowest BCUT2D eigenvalue weighted by Crippen LogP contribution is -1.97. The van der Waals surface area contributed by atoms with Crippen LogP contribution in [0, 0.1) is 5.82 Å². The van der Waals surface area contributed by atoms with Crippen molar-refractivity contribution in [1.82, 2.24) is 9.78 Å². The van der Waals surface area contributed by atoms with Gasteiger partial charge in [0, 0.05) is 12.1 Å². The summed E-state index contributed by atoms with van der Waals surface area (Å²) in [5.74, 6) is 0.361. The quantitative estimate of drug-likeness (QED) is 0.748.